The van der Waals surface area contributed by atoms with E-state index in [1.54, 1.807) is 22.6 Å². The van der Waals surface area contributed by atoms with E-state index in [1.165, 1.54) is 13.2 Å². The molecule has 0 aromatic heterocycles. The first-order valence-electron chi connectivity index (χ1n) is 6.46. The number of ether oxygens (including phenoxy) is 1. The van der Waals surface area contributed by atoms with Crippen LogP contribution in [0.15, 0.2) is 39.4 Å². The highest BCUT2D eigenvalue weighted by Crippen LogP contribution is 2.30. The number of hydrogen-bond donors (Lipinski definition) is 1. The average molecular weight is 483 g/mol. The molecule has 1 amide bonds. The second kappa shape index (κ2) is 7.99. The average Bonchev–Trinajstić information content (AvgIpc) is 2.85. The molecule has 0 aliphatic carbocycles. The smallest absolute Gasteiger partial charge is 0.416 e. The van der Waals surface area contributed by atoms with E-state index < -0.39 is 23.6 Å². The summed E-state index contributed by atoms with van der Waals surface area (Å²) in [4.78, 5) is 22.8. The van der Waals surface area contributed by atoms with E-state index in [1.807, 2.05) is 0 Å². The molecular weight excluding hydrogens is 474 g/mol. The summed E-state index contributed by atoms with van der Waals surface area (Å²) >= 11 is 2.63. The Hall–Kier alpha value is -1.89. The fraction of sp³-hybridized carbons (Fsp3) is 0.143. The first-order valence-corrected chi connectivity index (χ1v) is 8.36. The molecule has 1 aromatic rings. The van der Waals surface area contributed by atoms with Gasteiger partial charge in [-0.1, -0.05) is 0 Å². The standard InChI is InChI=1S/C14H9F3IN3O3S/c1-24-11(22)5-10-12(23)20-13(25-10)21-19-6-7-2-8(14(15,16)17)4-9(18)3-7/h2-6H,1H3,(H,20,21,23)/b10-5+,19-6?. The monoisotopic (exact) mass is 483 g/mol. The van der Waals surface area contributed by atoms with Crippen LogP contribution in [0.25, 0.3) is 0 Å². The third-order valence-electron chi connectivity index (χ3n) is 2.70. The molecular formula is C14H9F3IN3O3S. The number of methoxy groups -OCH3 is 1. The summed E-state index contributed by atoms with van der Waals surface area (Å²) in [6, 6.07) is 3.46. The minimum Gasteiger partial charge on any atom is -0.466 e. The molecule has 6 nitrogen and oxygen atoms in total. The predicted molar refractivity (Wildman–Crippen MR) is 95.0 cm³/mol. The number of hydrogen-bond acceptors (Lipinski definition) is 6. The Labute approximate surface area is 157 Å². The van der Waals surface area contributed by atoms with Crippen LogP contribution in [0.4, 0.5) is 13.2 Å². The molecule has 0 atom stereocenters. The summed E-state index contributed by atoms with van der Waals surface area (Å²) < 4.78 is 43.1. The molecule has 132 valence electrons. The van der Waals surface area contributed by atoms with Gasteiger partial charge < -0.3 is 4.74 Å². The Balaban J connectivity index is 2.15. The van der Waals surface area contributed by atoms with Crippen molar-refractivity contribution < 1.29 is 27.5 Å². The molecule has 1 N–H and O–H groups in total. The van der Waals surface area contributed by atoms with E-state index in [2.05, 4.69) is 20.3 Å². The number of nitrogens with one attached hydrogen (secondary N) is 1. The quantitative estimate of drug-likeness (QED) is 0.236. The summed E-state index contributed by atoms with van der Waals surface area (Å²) in [5, 5.41) is 9.85. The molecule has 0 unspecified atom stereocenters. The minimum absolute atomic E-state index is 0.0782. The van der Waals surface area contributed by atoms with Crippen molar-refractivity contribution in [1.29, 1.82) is 0 Å². The fourth-order valence-corrected chi connectivity index (χ4v) is 3.07. The van der Waals surface area contributed by atoms with Gasteiger partial charge in [-0.25, -0.2) is 4.79 Å². The summed E-state index contributed by atoms with van der Waals surface area (Å²) in [7, 11) is 1.17. The number of amides is 1. The number of benzene rings is 1. The van der Waals surface area contributed by atoms with Gasteiger partial charge in [0.15, 0.2) is 5.17 Å². The van der Waals surface area contributed by atoms with E-state index in [4.69, 9.17) is 0 Å². The van der Waals surface area contributed by atoms with Crippen LogP contribution in [0.2, 0.25) is 0 Å². The van der Waals surface area contributed by atoms with Crippen molar-refractivity contribution >= 4 is 57.6 Å². The molecule has 1 aliphatic rings. The van der Waals surface area contributed by atoms with Crippen LogP contribution >= 0.6 is 34.4 Å². The minimum atomic E-state index is -4.46. The molecule has 1 saturated heterocycles. The number of halogens is 4. The van der Waals surface area contributed by atoms with Crippen LogP contribution < -0.4 is 5.32 Å². The summed E-state index contributed by atoms with van der Waals surface area (Å²) in [5.74, 6) is -1.24. The highest BCUT2D eigenvalue weighted by molar-refractivity contribution is 14.1. The summed E-state index contributed by atoms with van der Waals surface area (Å²) in [6.07, 6.45) is -2.32. The van der Waals surface area contributed by atoms with Gasteiger partial charge in [0, 0.05) is 9.65 Å². The lowest BCUT2D eigenvalue weighted by molar-refractivity contribution is -0.137. The van der Waals surface area contributed by atoms with Gasteiger partial charge in [-0.2, -0.15) is 18.3 Å². The number of esters is 1. The second-order valence-electron chi connectivity index (χ2n) is 4.51. The Kier molecular flexibility index (Phi) is 6.21. The Morgan fingerprint density at radius 3 is 2.72 bits per heavy atom. The van der Waals surface area contributed by atoms with E-state index in [-0.39, 0.29) is 15.6 Å². The zero-order valence-electron chi connectivity index (χ0n) is 12.4. The number of carbonyl (C=O) groups excluding carboxylic acids is 2. The lowest BCUT2D eigenvalue weighted by atomic mass is 10.1. The van der Waals surface area contributed by atoms with Crippen molar-refractivity contribution in [2.24, 2.45) is 10.2 Å². The molecule has 2 rings (SSSR count). The Morgan fingerprint density at radius 2 is 2.08 bits per heavy atom. The largest absolute Gasteiger partial charge is 0.466 e. The van der Waals surface area contributed by atoms with Crippen molar-refractivity contribution in [1.82, 2.24) is 5.32 Å². The van der Waals surface area contributed by atoms with E-state index in [0.717, 1.165) is 36.2 Å². The van der Waals surface area contributed by atoms with Gasteiger partial charge in [0.1, 0.15) is 0 Å². The van der Waals surface area contributed by atoms with Crippen molar-refractivity contribution in [3.8, 4) is 0 Å². The number of thioether (sulfide) groups is 1. The Bertz CT molecular complexity index is 806. The number of nitrogens with zero attached hydrogens (tertiary/aromatic N) is 2. The molecule has 1 aliphatic heterocycles. The SMILES string of the molecule is COC(=O)/C=C1/S/C(=N\N=Cc2cc(I)cc(C(F)(F)F)c2)NC1=O. The summed E-state index contributed by atoms with van der Waals surface area (Å²) in [5.41, 5.74) is -0.580. The molecule has 0 radical (unpaired) electrons. The third-order valence-corrected chi connectivity index (χ3v) is 4.23. The van der Waals surface area contributed by atoms with Crippen LogP contribution in [-0.4, -0.2) is 30.4 Å². The molecule has 0 saturated carbocycles. The first-order chi connectivity index (χ1) is 11.7. The van der Waals surface area contributed by atoms with Crippen LogP contribution in [0.1, 0.15) is 11.1 Å². The maximum atomic E-state index is 12.8. The number of carbonyl (C=O) groups is 2. The van der Waals surface area contributed by atoms with Crippen LogP contribution in [0.5, 0.6) is 0 Å². The molecule has 11 heteroatoms. The highest BCUT2D eigenvalue weighted by atomic mass is 127. The van der Waals surface area contributed by atoms with Crippen LogP contribution in [0.3, 0.4) is 0 Å². The Morgan fingerprint density at radius 1 is 1.36 bits per heavy atom. The molecule has 1 aromatic carbocycles. The van der Waals surface area contributed by atoms with Crippen LogP contribution in [-0.2, 0) is 20.5 Å². The zero-order chi connectivity index (χ0) is 18.6. The molecule has 0 spiro atoms. The predicted octanol–water partition coefficient (Wildman–Crippen LogP) is 2.92. The van der Waals surface area contributed by atoms with Gasteiger partial charge in [-0.05, 0) is 58.1 Å². The van der Waals surface area contributed by atoms with Crippen LogP contribution in [0, 0.1) is 3.57 Å². The van der Waals surface area contributed by atoms with Gasteiger partial charge in [0.05, 0.1) is 23.8 Å². The van der Waals surface area contributed by atoms with Crippen molar-refractivity contribution in [3.63, 3.8) is 0 Å². The molecule has 25 heavy (non-hydrogen) atoms. The topological polar surface area (TPSA) is 80.1 Å². The first kappa shape index (κ1) is 19.4. The normalized spacial score (nSPS) is 18.2. The van der Waals surface area contributed by atoms with Gasteiger partial charge in [0.2, 0.25) is 0 Å². The number of rotatable bonds is 3. The lowest BCUT2D eigenvalue weighted by Crippen LogP contribution is -2.19. The van der Waals surface area contributed by atoms with Gasteiger partial charge in [-0.3, -0.25) is 10.1 Å². The van der Waals surface area contributed by atoms with Crippen molar-refractivity contribution in [2.45, 2.75) is 6.18 Å². The van der Waals surface area contributed by atoms with Gasteiger partial charge >= 0.3 is 12.1 Å². The maximum Gasteiger partial charge on any atom is 0.416 e. The molecule has 0 bridgehead atoms. The third kappa shape index (κ3) is 5.56. The lowest BCUT2D eigenvalue weighted by Gasteiger charge is -2.07. The number of alkyl halides is 3. The second-order valence-corrected chi connectivity index (χ2v) is 6.78. The van der Waals surface area contributed by atoms with E-state index >= 15 is 0 Å². The zero-order valence-corrected chi connectivity index (χ0v) is 15.4. The molecule has 1 heterocycles. The van der Waals surface area contributed by atoms with Crippen molar-refractivity contribution in [3.05, 3.63) is 43.9 Å². The van der Waals surface area contributed by atoms with Crippen molar-refractivity contribution in [2.75, 3.05) is 7.11 Å². The highest BCUT2D eigenvalue weighted by Gasteiger charge is 2.31. The fourth-order valence-electron chi connectivity index (χ4n) is 1.64. The van der Waals surface area contributed by atoms with E-state index in [0.29, 0.717) is 3.57 Å². The van der Waals surface area contributed by atoms with E-state index in [9.17, 15) is 22.8 Å². The van der Waals surface area contributed by atoms with Gasteiger partial charge in [-0.15, -0.1) is 5.10 Å². The number of amidine groups is 1. The van der Waals surface area contributed by atoms with Gasteiger partial charge in [0.25, 0.3) is 5.91 Å². The summed E-state index contributed by atoms with van der Waals surface area (Å²) in [6.45, 7) is 0. The molecule has 1 fully saturated rings. The maximum absolute atomic E-state index is 12.8.